The molecule has 0 amide bonds. The molecule has 0 aliphatic carbocycles. The van der Waals surface area contributed by atoms with Crippen LogP contribution in [-0.4, -0.2) is 15.0 Å². The fraction of sp³-hybridized carbons (Fsp3) is 0. The monoisotopic (exact) mass is 703 g/mol. The van der Waals surface area contributed by atoms with Gasteiger partial charge >= 0.3 is 0 Å². The van der Waals surface area contributed by atoms with Crippen molar-refractivity contribution in [3.05, 3.63) is 200 Å². The van der Waals surface area contributed by atoms with Gasteiger partial charge in [-0.15, -0.1) is 0 Å². The van der Waals surface area contributed by atoms with Gasteiger partial charge in [-0.1, -0.05) is 188 Å². The second-order valence-electron chi connectivity index (χ2n) is 13.6. The maximum absolute atomic E-state index is 6.69. The Kier molecular flexibility index (Phi) is 8.12. The summed E-state index contributed by atoms with van der Waals surface area (Å²) in [6.07, 6.45) is 0. The zero-order valence-electron chi connectivity index (χ0n) is 29.8. The molecule has 258 valence electrons. The highest BCUT2D eigenvalue weighted by molar-refractivity contribution is 6.15. The fourth-order valence-electron chi connectivity index (χ4n) is 7.40. The number of furan rings is 1. The van der Waals surface area contributed by atoms with Gasteiger partial charge in [0.25, 0.3) is 0 Å². The van der Waals surface area contributed by atoms with Crippen molar-refractivity contribution in [2.24, 2.45) is 0 Å². The van der Waals surface area contributed by atoms with Gasteiger partial charge in [-0.2, -0.15) is 0 Å². The Hall–Kier alpha value is -7.43. The van der Waals surface area contributed by atoms with Crippen molar-refractivity contribution in [3.63, 3.8) is 0 Å². The largest absolute Gasteiger partial charge is 0.455 e. The molecule has 10 rings (SSSR count). The average Bonchev–Trinajstić information content (AvgIpc) is 3.67. The SMILES string of the molecule is c1ccc(-c2ccc(-c3nc(-c4ccccc4)nc(-c4cccc5oc6c(-c7ccc(-c8cccc(-c9ccccc9)c8)cc7)cccc6c45)n3)cc2)cc1. The van der Waals surface area contributed by atoms with E-state index in [1.807, 2.05) is 54.6 Å². The molecule has 0 saturated carbocycles. The van der Waals surface area contributed by atoms with E-state index in [0.717, 1.165) is 66.4 Å². The average molecular weight is 704 g/mol. The van der Waals surface area contributed by atoms with Gasteiger partial charge in [-0.25, -0.2) is 15.0 Å². The Bertz CT molecular complexity index is 2940. The van der Waals surface area contributed by atoms with Crippen LogP contribution >= 0.6 is 0 Å². The minimum atomic E-state index is 0.594. The number of nitrogens with zero attached hydrogens (tertiary/aromatic N) is 3. The number of rotatable bonds is 7. The molecule has 0 atom stereocenters. The molecule has 2 aromatic heterocycles. The lowest BCUT2D eigenvalue weighted by molar-refractivity contribution is 0.670. The van der Waals surface area contributed by atoms with Crippen LogP contribution in [0.3, 0.4) is 0 Å². The lowest BCUT2D eigenvalue weighted by Gasteiger charge is -2.10. The van der Waals surface area contributed by atoms with Crippen LogP contribution in [0, 0.1) is 0 Å². The number of para-hydroxylation sites is 1. The van der Waals surface area contributed by atoms with Crippen LogP contribution in [0.5, 0.6) is 0 Å². The summed E-state index contributed by atoms with van der Waals surface area (Å²) in [6.45, 7) is 0. The van der Waals surface area contributed by atoms with Crippen LogP contribution in [0.2, 0.25) is 0 Å². The topological polar surface area (TPSA) is 51.8 Å². The van der Waals surface area contributed by atoms with Crippen LogP contribution in [0.1, 0.15) is 0 Å². The maximum atomic E-state index is 6.69. The molecule has 4 heteroatoms. The van der Waals surface area contributed by atoms with Crippen molar-refractivity contribution in [1.82, 2.24) is 15.0 Å². The van der Waals surface area contributed by atoms with Crippen molar-refractivity contribution in [2.75, 3.05) is 0 Å². The van der Waals surface area contributed by atoms with Gasteiger partial charge < -0.3 is 4.42 Å². The lowest BCUT2D eigenvalue weighted by atomic mass is 9.96. The van der Waals surface area contributed by atoms with E-state index in [1.54, 1.807) is 0 Å². The predicted octanol–water partition coefficient (Wildman–Crippen LogP) is 13.4. The minimum Gasteiger partial charge on any atom is -0.455 e. The van der Waals surface area contributed by atoms with E-state index < -0.39 is 0 Å². The second-order valence-corrected chi connectivity index (χ2v) is 13.6. The first kappa shape index (κ1) is 32.2. The molecule has 0 bridgehead atoms. The molecule has 4 nitrogen and oxygen atoms in total. The van der Waals surface area contributed by atoms with Gasteiger partial charge in [-0.05, 0) is 51.1 Å². The first-order valence-corrected chi connectivity index (χ1v) is 18.4. The summed E-state index contributed by atoms with van der Waals surface area (Å²) in [5, 5.41) is 1.99. The van der Waals surface area contributed by atoms with E-state index in [2.05, 4.69) is 146 Å². The van der Waals surface area contributed by atoms with Gasteiger partial charge in [0, 0.05) is 33.0 Å². The van der Waals surface area contributed by atoms with E-state index >= 15 is 0 Å². The van der Waals surface area contributed by atoms with Crippen LogP contribution in [0.25, 0.3) is 101 Å². The number of hydrogen-bond acceptors (Lipinski definition) is 4. The summed E-state index contributed by atoms with van der Waals surface area (Å²) >= 11 is 0. The molecule has 0 fully saturated rings. The molecule has 0 unspecified atom stereocenters. The number of hydrogen-bond donors (Lipinski definition) is 0. The van der Waals surface area contributed by atoms with Gasteiger partial charge in [-0.3, -0.25) is 0 Å². The Morgan fingerprint density at radius 3 is 1.35 bits per heavy atom. The van der Waals surface area contributed by atoms with Gasteiger partial charge in [0.2, 0.25) is 0 Å². The molecule has 10 aromatic rings. The van der Waals surface area contributed by atoms with Crippen LogP contribution < -0.4 is 0 Å². The molecule has 0 aliphatic rings. The van der Waals surface area contributed by atoms with E-state index in [4.69, 9.17) is 19.4 Å². The van der Waals surface area contributed by atoms with Crippen LogP contribution in [0.15, 0.2) is 205 Å². The number of aromatic nitrogens is 3. The van der Waals surface area contributed by atoms with E-state index in [9.17, 15) is 0 Å². The Balaban J connectivity index is 1.06. The van der Waals surface area contributed by atoms with Crippen molar-refractivity contribution < 1.29 is 4.42 Å². The summed E-state index contributed by atoms with van der Waals surface area (Å²) in [5.74, 6) is 1.83. The number of fused-ring (bicyclic) bond motifs is 3. The zero-order chi connectivity index (χ0) is 36.6. The molecule has 0 saturated heterocycles. The lowest BCUT2D eigenvalue weighted by Crippen LogP contribution is -2.00. The van der Waals surface area contributed by atoms with E-state index in [1.165, 1.54) is 16.7 Å². The highest BCUT2D eigenvalue weighted by Gasteiger charge is 2.19. The maximum Gasteiger partial charge on any atom is 0.164 e. The molecule has 8 aromatic carbocycles. The van der Waals surface area contributed by atoms with Crippen LogP contribution in [-0.2, 0) is 0 Å². The third-order valence-electron chi connectivity index (χ3n) is 10.2. The summed E-state index contributed by atoms with van der Waals surface area (Å²) in [7, 11) is 0. The zero-order valence-corrected chi connectivity index (χ0v) is 29.8. The predicted molar refractivity (Wildman–Crippen MR) is 225 cm³/mol. The van der Waals surface area contributed by atoms with E-state index in [-0.39, 0.29) is 0 Å². The van der Waals surface area contributed by atoms with Crippen molar-refractivity contribution in [2.45, 2.75) is 0 Å². The molecule has 0 aliphatic heterocycles. The van der Waals surface area contributed by atoms with Gasteiger partial charge in [0.1, 0.15) is 11.2 Å². The first-order valence-electron chi connectivity index (χ1n) is 18.4. The quantitative estimate of drug-likeness (QED) is 0.166. The first-order chi connectivity index (χ1) is 27.2. The minimum absolute atomic E-state index is 0.594. The smallest absolute Gasteiger partial charge is 0.164 e. The Morgan fingerprint density at radius 1 is 0.291 bits per heavy atom. The molecule has 0 spiro atoms. The molecule has 2 heterocycles. The standard InChI is InChI=1S/C51H33N3O/c1-4-13-34(14-5-1)36-27-31-40(32-28-36)50-52-49(39-17-8-3-9-18-39)53-51(54-50)45-23-12-24-46-47(45)44-22-11-21-43(48(44)55-46)38-29-25-37(26-30-38)42-20-10-19-41(33-42)35-15-6-2-7-16-35/h1-33H. The third-order valence-corrected chi connectivity index (χ3v) is 10.2. The summed E-state index contributed by atoms with van der Waals surface area (Å²) in [4.78, 5) is 15.2. The normalized spacial score (nSPS) is 11.3. The summed E-state index contributed by atoms with van der Waals surface area (Å²) in [5.41, 5.74) is 13.5. The fourth-order valence-corrected chi connectivity index (χ4v) is 7.40. The highest BCUT2D eigenvalue weighted by Crippen LogP contribution is 2.41. The molecular weight excluding hydrogens is 671 g/mol. The molecule has 55 heavy (non-hydrogen) atoms. The summed E-state index contributed by atoms with van der Waals surface area (Å²) < 4.78 is 6.69. The van der Waals surface area contributed by atoms with Crippen molar-refractivity contribution >= 4 is 21.9 Å². The molecule has 0 radical (unpaired) electrons. The van der Waals surface area contributed by atoms with E-state index in [0.29, 0.717) is 17.5 Å². The van der Waals surface area contributed by atoms with Crippen LogP contribution in [0.4, 0.5) is 0 Å². The Labute approximate surface area is 319 Å². The van der Waals surface area contributed by atoms with Crippen molar-refractivity contribution in [3.8, 4) is 78.7 Å². The number of benzene rings is 8. The summed E-state index contributed by atoms with van der Waals surface area (Å²) in [6, 6.07) is 69.3. The highest BCUT2D eigenvalue weighted by atomic mass is 16.3. The Morgan fingerprint density at radius 2 is 0.709 bits per heavy atom. The third kappa shape index (κ3) is 6.16. The van der Waals surface area contributed by atoms with Crippen molar-refractivity contribution in [1.29, 1.82) is 0 Å². The van der Waals surface area contributed by atoms with Gasteiger partial charge in [0.05, 0.1) is 0 Å². The van der Waals surface area contributed by atoms with Gasteiger partial charge in [0.15, 0.2) is 17.5 Å². The second kappa shape index (κ2) is 13.8. The molecular formula is C51H33N3O. The molecule has 0 N–H and O–H groups in total.